The number of ketones is 1. The van der Waals surface area contributed by atoms with Crippen LogP contribution in [0.3, 0.4) is 0 Å². The molecule has 0 aliphatic rings. The van der Waals surface area contributed by atoms with Gasteiger partial charge in [-0.1, -0.05) is 52.0 Å². The Morgan fingerprint density at radius 1 is 1.19 bits per heavy atom. The van der Waals surface area contributed by atoms with Gasteiger partial charge in [-0.3, -0.25) is 4.79 Å². The zero-order chi connectivity index (χ0) is 14.8. The van der Waals surface area contributed by atoms with E-state index in [1.54, 1.807) is 11.3 Å². The van der Waals surface area contributed by atoms with Gasteiger partial charge in [0.15, 0.2) is 10.1 Å². The number of thiazole rings is 1. The maximum atomic E-state index is 12.4. The minimum absolute atomic E-state index is 0.131. The summed E-state index contributed by atoms with van der Waals surface area (Å²) in [7, 11) is 0. The lowest BCUT2D eigenvalue weighted by Crippen LogP contribution is -2.13. The molecule has 0 radical (unpaired) electrons. The molecule has 2 aromatic carbocycles. The van der Waals surface area contributed by atoms with E-state index in [1.807, 2.05) is 49.4 Å². The SMILES string of the molecule is C[C@@H](Sc1nc2ccccc2s1)C(=O)c1ccc(Br)cc1. The third-order valence-corrected chi connectivity index (χ3v) is 5.81. The van der Waals surface area contributed by atoms with Crippen molar-refractivity contribution >= 4 is 55.0 Å². The van der Waals surface area contributed by atoms with Crippen molar-refractivity contribution in [2.24, 2.45) is 0 Å². The second-order valence-electron chi connectivity index (χ2n) is 4.58. The molecule has 0 fully saturated rings. The molecule has 2 nitrogen and oxygen atoms in total. The highest BCUT2D eigenvalue weighted by molar-refractivity contribution is 9.10. The fraction of sp³-hybridized carbons (Fsp3) is 0.125. The van der Waals surface area contributed by atoms with Gasteiger partial charge in [0, 0.05) is 10.0 Å². The van der Waals surface area contributed by atoms with Crippen LogP contribution >= 0.6 is 39.0 Å². The Morgan fingerprint density at radius 2 is 1.90 bits per heavy atom. The van der Waals surface area contributed by atoms with Crippen LogP contribution in [0.25, 0.3) is 10.2 Å². The van der Waals surface area contributed by atoms with Crippen LogP contribution in [-0.2, 0) is 0 Å². The van der Waals surface area contributed by atoms with Crippen molar-refractivity contribution in [2.75, 3.05) is 0 Å². The van der Waals surface area contributed by atoms with E-state index in [4.69, 9.17) is 0 Å². The number of hydrogen-bond donors (Lipinski definition) is 0. The molecule has 0 N–H and O–H groups in total. The number of hydrogen-bond acceptors (Lipinski definition) is 4. The van der Waals surface area contributed by atoms with Crippen molar-refractivity contribution in [1.82, 2.24) is 4.98 Å². The van der Waals surface area contributed by atoms with E-state index in [2.05, 4.69) is 27.0 Å². The van der Waals surface area contributed by atoms with Gasteiger partial charge >= 0.3 is 0 Å². The fourth-order valence-corrected chi connectivity index (χ4v) is 4.51. The number of rotatable bonds is 4. The van der Waals surface area contributed by atoms with Gasteiger partial charge in [0.05, 0.1) is 15.5 Å². The highest BCUT2D eigenvalue weighted by atomic mass is 79.9. The molecule has 0 spiro atoms. The molecule has 1 aromatic heterocycles. The number of thioether (sulfide) groups is 1. The number of carbonyl (C=O) groups excluding carboxylic acids is 1. The normalized spacial score (nSPS) is 12.5. The molecule has 5 heteroatoms. The summed E-state index contributed by atoms with van der Waals surface area (Å²) >= 11 is 6.54. The maximum Gasteiger partial charge on any atom is 0.175 e. The summed E-state index contributed by atoms with van der Waals surface area (Å²) in [5.74, 6) is 0.131. The second kappa shape index (κ2) is 6.30. The average Bonchev–Trinajstić information content (AvgIpc) is 2.89. The van der Waals surface area contributed by atoms with E-state index in [0.717, 1.165) is 24.6 Å². The number of carbonyl (C=O) groups is 1. The van der Waals surface area contributed by atoms with E-state index < -0.39 is 0 Å². The molecule has 0 bridgehead atoms. The zero-order valence-electron chi connectivity index (χ0n) is 11.2. The van der Waals surface area contributed by atoms with Crippen molar-refractivity contribution < 1.29 is 4.79 Å². The molecule has 3 rings (SSSR count). The van der Waals surface area contributed by atoms with Crippen molar-refractivity contribution in [2.45, 2.75) is 16.5 Å². The fourth-order valence-electron chi connectivity index (χ4n) is 1.96. The van der Waals surface area contributed by atoms with Gasteiger partial charge in [-0.2, -0.15) is 0 Å². The summed E-state index contributed by atoms with van der Waals surface area (Å²) in [6.45, 7) is 1.93. The van der Waals surface area contributed by atoms with Gasteiger partial charge in [-0.05, 0) is 31.2 Å². The van der Waals surface area contributed by atoms with Crippen LogP contribution in [-0.4, -0.2) is 16.0 Å². The Bertz CT molecular complexity index is 749. The molecule has 0 aliphatic carbocycles. The molecule has 21 heavy (non-hydrogen) atoms. The highest BCUT2D eigenvalue weighted by Gasteiger charge is 2.18. The maximum absolute atomic E-state index is 12.4. The van der Waals surface area contributed by atoms with Crippen molar-refractivity contribution in [3.8, 4) is 0 Å². The van der Waals surface area contributed by atoms with E-state index in [9.17, 15) is 4.79 Å². The molecule has 0 unspecified atom stereocenters. The van der Waals surface area contributed by atoms with Crippen LogP contribution in [0.4, 0.5) is 0 Å². The minimum Gasteiger partial charge on any atom is -0.293 e. The van der Waals surface area contributed by atoms with Crippen molar-refractivity contribution in [3.63, 3.8) is 0 Å². The van der Waals surface area contributed by atoms with Gasteiger partial charge < -0.3 is 0 Å². The minimum atomic E-state index is -0.147. The van der Waals surface area contributed by atoms with Crippen LogP contribution in [0.15, 0.2) is 57.3 Å². The summed E-state index contributed by atoms with van der Waals surface area (Å²) in [5.41, 5.74) is 1.73. The van der Waals surface area contributed by atoms with E-state index >= 15 is 0 Å². The number of nitrogens with zero attached hydrogens (tertiary/aromatic N) is 1. The quantitative estimate of drug-likeness (QED) is 0.448. The molecular weight excluding hydrogens is 366 g/mol. The summed E-state index contributed by atoms with van der Waals surface area (Å²) in [6.07, 6.45) is 0. The predicted molar refractivity (Wildman–Crippen MR) is 93.4 cm³/mol. The lowest BCUT2D eigenvalue weighted by molar-refractivity contribution is 0.0994. The van der Waals surface area contributed by atoms with Crippen LogP contribution < -0.4 is 0 Å². The number of aromatic nitrogens is 1. The molecule has 3 aromatic rings. The van der Waals surface area contributed by atoms with E-state index in [0.29, 0.717) is 0 Å². The smallest absolute Gasteiger partial charge is 0.175 e. The standard InChI is InChI=1S/C16H12BrNOS2/c1-10(15(19)11-6-8-12(17)9-7-11)20-16-18-13-4-2-3-5-14(13)21-16/h2-10H,1H3/t10-/m1/s1. The third kappa shape index (κ3) is 3.36. The van der Waals surface area contributed by atoms with E-state index in [1.165, 1.54) is 11.8 Å². The average molecular weight is 378 g/mol. The predicted octanol–water partition coefficient (Wildman–Crippen LogP) is 5.42. The van der Waals surface area contributed by atoms with Gasteiger partial charge in [0.25, 0.3) is 0 Å². The molecule has 0 saturated carbocycles. The number of Topliss-reactive ketones (excluding diaryl/α,β-unsaturated/α-hetero) is 1. The first-order valence-electron chi connectivity index (χ1n) is 6.45. The molecular formula is C16H12BrNOS2. The molecule has 1 heterocycles. The number of fused-ring (bicyclic) bond motifs is 1. The summed E-state index contributed by atoms with van der Waals surface area (Å²) in [6, 6.07) is 15.5. The van der Waals surface area contributed by atoms with Gasteiger partial charge in [-0.25, -0.2) is 4.98 Å². The summed E-state index contributed by atoms with van der Waals surface area (Å²) < 4.78 is 3.07. The molecule has 0 aliphatic heterocycles. The number of para-hydroxylation sites is 1. The van der Waals surface area contributed by atoms with E-state index in [-0.39, 0.29) is 11.0 Å². The topological polar surface area (TPSA) is 30.0 Å². The van der Waals surface area contributed by atoms with Gasteiger partial charge in [0.2, 0.25) is 0 Å². The Labute approximate surface area is 139 Å². The number of benzene rings is 2. The monoisotopic (exact) mass is 377 g/mol. The van der Waals surface area contributed by atoms with Crippen LogP contribution in [0.2, 0.25) is 0 Å². The molecule has 0 amide bonds. The molecule has 106 valence electrons. The van der Waals surface area contributed by atoms with Crippen LogP contribution in [0.5, 0.6) is 0 Å². The zero-order valence-corrected chi connectivity index (χ0v) is 14.5. The first kappa shape index (κ1) is 14.8. The molecule has 1 atom stereocenters. The van der Waals surface area contributed by atoms with Crippen LogP contribution in [0, 0.1) is 0 Å². The largest absolute Gasteiger partial charge is 0.293 e. The Morgan fingerprint density at radius 3 is 2.62 bits per heavy atom. The summed E-state index contributed by atoms with van der Waals surface area (Å²) in [5, 5.41) is -0.147. The first-order valence-corrected chi connectivity index (χ1v) is 8.94. The van der Waals surface area contributed by atoms with Crippen molar-refractivity contribution in [3.05, 3.63) is 58.6 Å². The van der Waals surface area contributed by atoms with Crippen molar-refractivity contribution in [1.29, 1.82) is 0 Å². The Hall–Kier alpha value is -1.17. The van der Waals surface area contributed by atoms with Crippen LogP contribution in [0.1, 0.15) is 17.3 Å². The molecule has 0 saturated heterocycles. The summed E-state index contributed by atoms with van der Waals surface area (Å²) in [4.78, 5) is 17.0. The number of halogens is 1. The lowest BCUT2D eigenvalue weighted by Gasteiger charge is -2.08. The lowest BCUT2D eigenvalue weighted by atomic mass is 10.1. The Kier molecular flexibility index (Phi) is 4.42. The van der Waals surface area contributed by atoms with Gasteiger partial charge in [-0.15, -0.1) is 11.3 Å². The Balaban J connectivity index is 1.77. The third-order valence-electron chi connectivity index (χ3n) is 3.05. The second-order valence-corrected chi connectivity index (χ2v) is 8.11. The van der Waals surface area contributed by atoms with Gasteiger partial charge in [0.1, 0.15) is 0 Å². The highest BCUT2D eigenvalue weighted by Crippen LogP contribution is 2.33. The first-order chi connectivity index (χ1) is 10.1.